The molecule has 0 radical (unpaired) electrons. The molecule has 0 unspecified atom stereocenters. The Kier molecular flexibility index (Phi) is 4.05. The SMILES string of the molecule is CCn1c(SCC=O)nc2nc3c(cc2c1=O)CCCC3. The van der Waals surface area contributed by atoms with Crippen LogP contribution in [0.5, 0.6) is 0 Å². The van der Waals surface area contributed by atoms with Crippen LogP contribution in [0.3, 0.4) is 0 Å². The third-order valence-corrected chi connectivity index (χ3v) is 4.66. The van der Waals surface area contributed by atoms with E-state index < -0.39 is 0 Å². The van der Waals surface area contributed by atoms with E-state index in [2.05, 4.69) is 9.97 Å². The summed E-state index contributed by atoms with van der Waals surface area (Å²) in [5, 5.41) is 1.17. The van der Waals surface area contributed by atoms with Crippen LogP contribution in [0.4, 0.5) is 0 Å². The first-order valence-corrected chi connectivity index (χ1v) is 8.23. The molecule has 0 aromatic carbocycles. The molecule has 2 aromatic rings. The predicted octanol–water partition coefficient (Wildman–Crippen LogP) is 1.98. The molecule has 2 heterocycles. The molecular weight excluding hydrogens is 286 g/mol. The Hall–Kier alpha value is -1.69. The molecule has 5 nitrogen and oxygen atoms in total. The van der Waals surface area contributed by atoms with Gasteiger partial charge in [-0.2, -0.15) is 0 Å². The van der Waals surface area contributed by atoms with Gasteiger partial charge in [-0.25, -0.2) is 9.97 Å². The van der Waals surface area contributed by atoms with Crippen molar-refractivity contribution in [2.45, 2.75) is 44.3 Å². The van der Waals surface area contributed by atoms with Gasteiger partial charge < -0.3 is 4.79 Å². The summed E-state index contributed by atoms with van der Waals surface area (Å²) in [5.41, 5.74) is 2.71. The third-order valence-electron chi connectivity index (χ3n) is 3.79. The number of thioether (sulfide) groups is 1. The number of pyridine rings is 1. The van der Waals surface area contributed by atoms with Gasteiger partial charge in [0.1, 0.15) is 6.29 Å². The number of carbonyl (C=O) groups is 1. The fraction of sp³-hybridized carbons (Fsp3) is 0.467. The maximum absolute atomic E-state index is 12.6. The number of fused-ring (bicyclic) bond motifs is 2. The van der Waals surface area contributed by atoms with Crippen LogP contribution in [0.2, 0.25) is 0 Å². The quantitative estimate of drug-likeness (QED) is 0.491. The van der Waals surface area contributed by atoms with Crippen LogP contribution >= 0.6 is 11.8 Å². The fourth-order valence-corrected chi connectivity index (χ4v) is 3.48. The highest BCUT2D eigenvalue weighted by Gasteiger charge is 2.16. The van der Waals surface area contributed by atoms with Crippen molar-refractivity contribution in [1.29, 1.82) is 0 Å². The number of aryl methyl sites for hydroxylation is 2. The molecule has 3 rings (SSSR count). The topological polar surface area (TPSA) is 64.8 Å². The summed E-state index contributed by atoms with van der Waals surface area (Å²) in [6, 6.07) is 1.96. The molecule has 6 heteroatoms. The van der Waals surface area contributed by atoms with E-state index in [1.165, 1.54) is 17.3 Å². The maximum Gasteiger partial charge on any atom is 0.263 e. The summed E-state index contributed by atoms with van der Waals surface area (Å²) in [5.74, 6) is 0.295. The Bertz CT molecular complexity index is 755. The minimum Gasteiger partial charge on any atom is -0.302 e. The molecule has 2 aromatic heterocycles. The van der Waals surface area contributed by atoms with E-state index in [0.29, 0.717) is 28.5 Å². The van der Waals surface area contributed by atoms with Gasteiger partial charge in [0.05, 0.1) is 11.1 Å². The first-order valence-electron chi connectivity index (χ1n) is 7.24. The Balaban J connectivity index is 2.21. The van der Waals surface area contributed by atoms with E-state index in [-0.39, 0.29) is 5.56 Å². The number of hydrogen-bond acceptors (Lipinski definition) is 5. The van der Waals surface area contributed by atoms with Crippen LogP contribution in [0, 0.1) is 0 Å². The van der Waals surface area contributed by atoms with Crippen molar-refractivity contribution in [3.8, 4) is 0 Å². The zero-order valence-electron chi connectivity index (χ0n) is 12.0. The molecule has 0 atom stereocenters. The van der Waals surface area contributed by atoms with Gasteiger partial charge in [0.15, 0.2) is 10.8 Å². The second-order valence-corrected chi connectivity index (χ2v) is 6.08. The average molecular weight is 303 g/mol. The smallest absolute Gasteiger partial charge is 0.263 e. The molecule has 0 spiro atoms. The van der Waals surface area contributed by atoms with Crippen LogP contribution in [0.1, 0.15) is 31.0 Å². The van der Waals surface area contributed by atoms with Gasteiger partial charge in [-0.05, 0) is 44.2 Å². The van der Waals surface area contributed by atoms with Crippen LogP contribution in [0.15, 0.2) is 16.0 Å². The molecule has 1 aliphatic carbocycles. The van der Waals surface area contributed by atoms with Crippen molar-refractivity contribution in [3.63, 3.8) is 0 Å². The predicted molar refractivity (Wildman–Crippen MR) is 82.9 cm³/mol. The van der Waals surface area contributed by atoms with Gasteiger partial charge in [0.25, 0.3) is 5.56 Å². The number of aldehydes is 1. The van der Waals surface area contributed by atoms with Crippen molar-refractivity contribution < 1.29 is 4.79 Å². The first-order chi connectivity index (χ1) is 10.2. The Morgan fingerprint density at radius 2 is 2.14 bits per heavy atom. The van der Waals surface area contributed by atoms with E-state index in [1.807, 2.05) is 13.0 Å². The van der Waals surface area contributed by atoms with E-state index in [0.717, 1.165) is 37.7 Å². The van der Waals surface area contributed by atoms with Crippen LogP contribution in [-0.4, -0.2) is 26.6 Å². The molecule has 0 N–H and O–H groups in total. The van der Waals surface area contributed by atoms with E-state index in [4.69, 9.17) is 0 Å². The molecule has 0 bridgehead atoms. The largest absolute Gasteiger partial charge is 0.302 e. The number of hydrogen-bond donors (Lipinski definition) is 0. The second-order valence-electron chi connectivity index (χ2n) is 5.09. The normalized spacial score (nSPS) is 14.1. The lowest BCUT2D eigenvalue weighted by Crippen LogP contribution is -2.24. The van der Waals surface area contributed by atoms with Gasteiger partial charge in [-0.3, -0.25) is 9.36 Å². The highest BCUT2D eigenvalue weighted by atomic mass is 32.2. The van der Waals surface area contributed by atoms with Crippen molar-refractivity contribution >= 4 is 29.1 Å². The Morgan fingerprint density at radius 1 is 1.33 bits per heavy atom. The third kappa shape index (κ3) is 2.60. The van der Waals surface area contributed by atoms with Gasteiger partial charge in [0.2, 0.25) is 0 Å². The van der Waals surface area contributed by atoms with Crippen LogP contribution < -0.4 is 5.56 Å². The van der Waals surface area contributed by atoms with Crippen molar-refractivity contribution in [3.05, 3.63) is 27.7 Å². The zero-order valence-corrected chi connectivity index (χ0v) is 12.8. The van der Waals surface area contributed by atoms with Crippen LogP contribution in [0.25, 0.3) is 11.0 Å². The molecule has 0 saturated heterocycles. The summed E-state index contributed by atoms with van der Waals surface area (Å²) < 4.78 is 1.62. The molecule has 1 aliphatic rings. The fourth-order valence-electron chi connectivity index (χ4n) is 2.75. The standard InChI is InChI=1S/C15H17N3O2S/c1-2-18-14(20)11-9-10-5-3-4-6-12(10)16-13(11)17-15(18)21-8-7-19/h7,9H,2-6,8H2,1H3. The molecular formula is C15H17N3O2S. The summed E-state index contributed by atoms with van der Waals surface area (Å²) >= 11 is 1.28. The lowest BCUT2D eigenvalue weighted by molar-refractivity contribution is -0.105. The summed E-state index contributed by atoms with van der Waals surface area (Å²) in [7, 11) is 0. The summed E-state index contributed by atoms with van der Waals surface area (Å²) in [6.07, 6.45) is 5.07. The Labute approximate surface area is 126 Å². The average Bonchev–Trinajstić information content (AvgIpc) is 2.51. The molecule has 0 amide bonds. The van der Waals surface area contributed by atoms with E-state index in [9.17, 15) is 9.59 Å². The lowest BCUT2D eigenvalue weighted by Gasteiger charge is -2.16. The highest BCUT2D eigenvalue weighted by Crippen LogP contribution is 2.23. The highest BCUT2D eigenvalue weighted by molar-refractivity contribution is 7.99. The first kappa shape index (κ1) is 14.3. The molecule has 0 aliphatic heterocycles. The minimum absolute atomic E-state index is 0.0585. The van der Waals surface area contributed by atoms with Gasteiger partial charge >= 0.3 is 0 Å². The number of nitrogens with zero attached hydrogens (tertiary/aromatic N) is 3. The van der Waals surface area contributed by atoms with E-state index in [1.54, 1.807) is 4.57 Å². The molecule has 21 heavy (non-hydrogen) atoms. The zero-order chi connectivity index (χ0) is 14.8. The van der Waals surface area contributed by atoms with Crippen molar-refractivity contribution in [2.75, 3.05) is 5.75 Å². The second kappa shape index (κ2) is 5.97. The summed E-state index contributed by atoms with van der Waals surface area (Å²) in [6.45, 7) is 2.45. The maximum atomic E-state index is 12.6. The number of aromatic nitrogens is 3. The van der Waals surface area contributed by atoms with Gasteiger partial charge in [0, 0.05) is 12.2 Å². The molecule has 0 fully saturated rings. The number of carbonyl (C=O) groups excluding carboxylic acids is 1. The Morgan fingerprint density at radius 3 is 2.90 bits per heavy atom. The number of rotatable bonds is 4. The van der Waals surface area contributed by atoms with Crippen molar-refractivity contribution in [2.24, 2.45) is 0 Å². The molecule has 110 valence electrons. The van der Waals surface area contributed by atoms with E-state index >= 15 is 0 Å². The molecule has 0 saturated carbocycles. The minimum atomic E-state index is -0.0585. The lowest BCUT2D eigenvalue weighted by atomic mass is 9.95. The van der Waals surface area contributed by atoms with Gasteiger partial charge in [-0.1, -0.05) is 11.8 Å². The van der Waals surface area contributed by atoms with Crippen LogP contribution in [-0.2, 0) is 24.2 Å². The summed E-state index contributed by atoms with van der Waals surface area (Å²) in [4.78, 5) is 32.3. The van der Waals surface area contributed by atoms with Gasteiger partial charge in [-0.15, -0.1) is 0 Å². The monoisotopic (exact) mass is 303 g/mol. The van der Waals surface area contributed by atoms with Crippen molar-refractivity contribution in [1.82, 2.24) is 14.5 Å².